The van der Waals surface area contributed by atoms with Crippen LogP contribution in [-0.2, 0) is 4.79 Å². The number of urea groups is 1. The van der Waals surface area contributed by atoms with Crippen molar-refractivity contribution in [1.82, 2.24) is 20.0 Å². The Hall–Kier alpha value is -4.93. The number of nitrogens with zero attached hydrogens (tertiary/aromatic N) is 4. The van der Waals surface area contributed by atoms with E-state index in [-0.39, 0.29) is 49.4 Å². The van der Waals surface area contributed by atoms with Crippen LogP contribution in [0.4, 0.5) is 18.0 Å². The number of rotatable bonds is 8. The highest BCUT2D eigenvalue weighted by atomic mass is 19.4. The largest absolute Gasteiger partial charge is 0.418 e. The van der Waals surface area contributed by atoms with E-state index in [1.54, 1.807) is 42.0 Å². The molecule has 1 saturated heterocycles. The van der Waals surface area contributed by atoms with Gasteiger partial charge in [0.05, 0.1) is 23.0 Å². The lowest BCUT2D eigenvalue weighted by molar-refractivity contribution is -0.132. The van der Waals surface area contributed by atoms with Crippen LogP contribution in [0.3, 0.4) is 0 Å². The van der Waals surface area contributed by atoms with Gasteiger partial charge in [0.1, 0.15) is 0 Å². The van der Waals surface area contributed by atoms with Crippen molar-refractivity contribution in [1.29, 1.82) is 5.41 Å². The summed E-state index contributed by atoms with van der Waals surface area (Å²) in [5.74, 6) is -0.0361. The van der Waals surface area contributed by atoms with E-state index in [9.17, 15) is 22.8 Å². The number of hydrogen-bond donors (Lipinski definition) is 2. The number of allylic oxidation sites excluding steroid dienone is 14. The fraction of sp³-hybridized carbons (Fsp3) is 0.385. The number of nitrogens with one attached hydrogen (secondary N) is 2. The van der Waals surface area contributed by atoms with Crippen molar-refractivity contribution in [2.45, 2.75) is 65.6 Å². The van der Waals surface area contributed by atoms with Crippen molar-refractivity contribution in [3.8, 4) is 0 Å². The summed E-state index contributed by atoms with van der Waals surface area (Å²) in [6.45, 7) is 16.7. The maximum absolute atomic E-state index is 14.9. The second-order valence-electron chi connectivity index (χ2n) is 12.0. The van der Waals surface area contributed by atoms with E-state index in [2.05, 4.69) is 18.5 Å². The van der Waals surface area contributed by atoms with Gasteiger partial charge in [0.2, 0.25) is 5.91 Å². The molecule has 2 N–H and O–H groups in total. The first-order valence-corrected chi connectivity index (χ1v) is 17.2. The molecule has 11 heteroatoms. The summed E-state index contributed by atoms with van der Waals surface area (Å²) < 4.78 is 44.7. The summed E-state index contributed by atoms with van der Waals surface area (Å²) in [5, 5.41) is 11.1. The molecular weight excluding hydrogens is 641 g/mol. The Morgan fingerprint density at radius 2 is 1.78 bits per heavy atom. The average molecular weight is 689 g/mol. The van der Waals surface area contributed by atoms with Gasteiger partial charge < -0.3 is 20.5 Å². The molecule has 0 radical (unpaired) electrons. The summed E-state index contributed by atoms with van der Waals surface area (Å²) >= 11 is 0. The normalized spacial score (nSPS) is 22.1. The van der Waals surface area contributed by atoms with Crippen molar-refractivity contribution in [2.24, 2.45) is 4.99 Å². The van der Waals surface area contributed by atoms with Crippen molar-refractivity contribution in [3.63, 3.8) is 0 Å². The van der Waals surface area contributed by atoms with E-state index in [0.717, 1.165) is 17.2 Å². The molecule has 0 aromatic rings. The zero-order chi connectivity index (χ0) is 36.6. The Labute approximate surface area is 293 Å². The number of fused-ring (bicyclic) bond motifs is 2. The van der Waals surface area contributed by atoms with Crippen LogP contribution >= 0.6 is 0 Å². The minimum atomic E-state index is -4.75. The van der Waals surface area contributed by atoms with Gasteiger partial charge in [0, 0.05) is 67.9 Å². The molecule has 0 spiro atoms. The first-order chi connectivity index (χ1) is 24.0. The van der Waals surface area contributed by atoms with E-state index in [0.29, 0.717) is 60.5 Å². The maximum Gasteiger partial charge on any atom is 0.418 e. The van der Waals surface area contributed by atoms with E-state index >= 15 is 0 Å². The molecular formula is C39H47F3N6O2. The number of aliphatic imine (C=N–C) groups is 1. The van der Waals surface area contributed by atoms with Gasteiger partial charge in [-0.25, -0.2) is 4.79 Å². The minimum Gasteiger partial charge on any atom is -0.368 e. The summed E-state index contributed by atoms with van der Waals surface area (Å²) in [6.07, 6.45) is 14.0. The molecule has 1 unspecified atom stereocenters. The van der Waals surface area contributed by atoms with Crippen LogP contribution in [0.25, 0.3) is 0 Å². The minimum absolute atomic E-state index is 0.0361. The van der Waals surface area contributed by atoms with Gasteiger partial charge in [-0.05, 0) is 66.4 Å². The molecule has 266 valence electrons. The molecule has 3 aliphatic heterocycles. The standard InChI is InChI=1S/C37H41F3N6O2.C2H6/c1-5-28(21-30(37(38,39)40)33(6-2)44-15-17-45(18-16-44)34(47)7-3)46-35-27(23-43-36(46)48)22-42-32-14-10-12-25(20-29(32)35)24(4)19-26-11-8-9-13-31(26)41;1-2/h6,8-9,11-13,19-22,32,41H,2,4-5,7,10,14-18,23H2,1,3H3,(H,43,48);1-2H3/b26-19-,28-21+,33-30-,41-31?;. The predicted molar refractivity (Wildman–Crippen MR) is 195 cm³/mol. The second-order valence-corrected chi connectivity index (χ2v) is 12.0. The SMILES string of the molecule is C=C/C(=C(\C=C(/CC)N1C(=O)NCC2=C1C1=CC(C(=C)/C=C3/C=CC=CC3=N)=CCCC1N=C2)C(F)(F)F)N1CCN(C(=O)CC)CC1.CC. The maximum atomic E-state index is 14.9. The summed E-state index contributed by atoms with van der Waals surface area (Å²) in [6, 6.07) is -0.822. The number of hydrogen-bond acceptors (Lipinski definition) is 5. The smallest absolute Gasteiger partial charge is 0.368 e. The average Bonchev–Trinajstić information content (AvgIpc) is 3.35. The number of halogens is 3. The highest BCUT2D eigenvalue weighted by molar-refractivity contribution is 6.09. The highest BCUT2D eigenvalue weighted by Gasteiger charge is 2.40. The molecule has 5 aliphatic rings. The molecule has 1 atom stereocenters. The third-order valence-electron chi connectivity index (χ3n) is 8.99. The van der Waals surface area contributed by atoms with Crippen LogP contribution in [0.2, 0.25) is 0 Å². The molecule has 0 aromatic heterocycles. The Morgan fingerprint density at radius 1 is 1.10 bits per heavy atom. The number of carbonyl (C=O) groups is 2. The fourth-order valence-corrected chi connectivity index (χ4v) is 6.45. The Bertz CT molecular complexity index is 1690. The number of carbonyl (C=O) groups excluding carboxylic acids is 2. The topological polar surface area (TPSA) is 92.1 Å². The quantitative estimate of drug-likeness (QED) is 0.254. The third kappa shape index (κ3) is 8.26. The van der Waals surface area contributed by atoms with Gasteiger partial charge in [-0.3, -0.25) is 14.7 Å². The molecule has 0 saturated carbocycles. The number of piperazine rings is 1. The zero-order valence-electron chi connectivity index (χ0n) is 29.4. The predicted octanol–water partition coefficient (Wildman–Crippen LogP) is 7.87. The zero-order valence-corrected chi connectivity index (χ0v) is 29.4. The number of dihydropyridines is 1. The summed E-state index contributed by atoms with van der Waals surface area (Å²) in [4.78, 5) is 35.2. The Kier molecular flexibility index (Phi) is 12.6. The van der Waals surface area contributed by atoms with Crippen molar-refractivity contribution < 1.29 is 22.8 Å². The molecule has 8 nitrogen and oxygen atoms in total. The van der Waals surface area contributed by atoms with Gasteiger partial charge in [0.25, 0.3) is 0 Å². The Balaban J connectivity index is 0.00000276. The molecule has 50 heavy (non-hydrogen) atoms. The molecule has 0 aromatic carbocycles. The van der Waals surface area contributed by atoms with Crippen molar-refractivity contribution in [2.75, 3.05) is 32.7 Å². The van der Waals surface area contributed by atoms with Gasteiger partial charge >= 0.3 is 12.2 Å². The van der Waals surface area contributed by atoms with E-state index in [1.165, 1.54) is 11.0 Å². The molecule has 3 amide bonds. The number of alkyl halides is 3. The molecule has 3 heterocycles. The van der Waals surface area contributed by atoms with Crippen LogP contribution in [0.1, 0.15) is 53.4 Å². The van der Waals surface area contributed by atoms with Gasteiger partial charge in [-0.1, -0.05) is 65.2 Å². The van der Waals surface area contributed by atoms with Crippen LogP contribution < -0.4 is 5.32 Å². The van der Waals surface area contributed by atoms with Gasteiger partial charge in [-0.15, -0.1) is 0 Å². The second kappa shape index (κ2) is 16.7. The van der Waals surface area contributed by atoms with Crippen LogP contribution in [0.15, 0.2) is 123 Å². The van der Waals surface area contributed by atoms with Crippen LogP contribution in [0.5, 0.6) is 0 Å². The third-order valence-corrected chi connectivity index (χ3v) is 8.99. The monoisotopic (exact) mass is 688 g/mol. The molecule has 0 bridgehead atoms. The fourth-order valence-electron chi connectivity index (χ4n) is 6.45. The van der Waals surface area contributed by atoms with E-state index in [1.807, 2.05) is 44.2 Å². The van der Waals surface area contributed by atoms with Gasteiger partial charge in [0.15, 0.2) is 0 Å². The molecule has 5 rings (SSSR count). The van der Waals surface area contributed by atoms with Gasteiger partial charge in [-0.2, -0.15) is 13.2 Å². The first-order valence-electron chi connectivity index (χ1n) is 17.2. The Morgan fingerprint density at radius 3 is 2.40 bits per heavy atom. The van der Waals surface area contributed by atoms with Crippen molar-refractivity contribution >= 4 is 23.9 Å². The van der Waals surface area contributed by atoms with Crippen LogP contribution in [0, 0.1) is 5.41 Å². The number of amides is 3. The van der Waals surface area contributed by atoms with E-state index in [4.69, 9.17) is 10.4 Å². The molecule has 1 fully saturated rings. The summed E-state index contributed by atoms with van der Waals surface area (Å²) in [5.41, 5.74) is 3.69. The van der Waals surface area contributed by atoms with E-state index < -0.39 is 17.8 Å². The lowest BCUT2D eigenvalue weighted by atomic mass is 9.91. The summed E-state index contributed by atoms with van der Waals surface area (Å²) in [7, 11) is 0. The molecule has 2 aliphatic carbocycles. The first kappa shape index (κ1) is 37.9. The van der Waals surface area contributed by atoms with Crippen molar-refractivity contribution in [3.05, 3.63) is 118 Å². The highest BCUT2D eigenvalue weighted by Crippen LogP contribution is 2.40. The van der Waals surface area contributed by atoms with Crippen LogP contribution in [-0.4, -0.2) is 83.5 Å². The lowest BCUT2D eigenvalue weighted by Crippen LogP contribution is -2.48. The lowest BCUT2D eigenvalue weighted by Gasteiger charge is -2.39.